The summed E-state index contributed by atoms with van der Waals surface area (Å²) in [6.45, 7) is 1.10. The van der Waals surface area contributed by atoms with Crippen LogP contribution in [0.4, 0.5) is 5.82 Å². The van der Waals surface area contributed by atoms with Crippen molar-refractivity contribution in [1.82, 2.24) is 23.1 Å². The number of pyridine rings is 1. The number of hydrogen-bond donors (Lipinski definition) is 1. The van der Waals surface area contributed by atoms with E-state index in [1.807, 2.05) is 6.07 Å². The van der Waals surface area contributed by atoms with Gasteiger partial charge in [0.05, 0.1) is 11.7 Å². The second-order valence-corrected chi connectivity index (χ2v) is 10.4. The number of hydrogen-bond acceptors (Lipinski definition) is 7. The second kappa shape index (κ2) is 7.48. The van der Waals surface area contributed by atoms with E-state index < -0.39 is 10.2 Å². The third-order valence-electron chi connectivity index (χ3n) is 5.07. The van der Waals surface area contributed by atoms with E-state index in [0.717, 1.165) is 16.0 Å². The van der Waals surface area contributed by atoms with Crippen molar-refractivity contribution in [2.24, 2.45) is 0 Å². The first-order valence-corrected chi connectivity index (χ1v) is 11.4. The van der Waals surface area contributed by atoms with Gasteiger partial charge >= 0.3 is 0 Å². The Bertz CT molecular complexity index is 1230. The SMILES string of the molecule is CN(C)S(=O)(=O)N1CCc2c(sc3ncn(CCc4ccnc(N)c4)c(=O)c23)C1. The summed E-state index contributed by atoms with van der Waals surface area (Å²) >= 11 is 1.40. The molecule has 1 aliphatic rings. The van der Waals surface area contributed by atoms with E-state index in [1.165, 1.54) is 34.0 Å². The third-order valence-corrected chi connectivity index (χ3v) is 8.08. The second-order valence-electron chi connectivity index (χ2n) is 7.14. The molecule has 4 rings (SSSR count). The minimum atomic E-state index is -3.49. The van der Waals surface area contributed by atoms with E-state index >= 15 is 0 Å². The quantitative estimate of drug-likeness (QED) is 0.637. The number of fused-ring (bicyclic) bond motifs is 3. The van der Waals surface area contributed by atoms with Crippen molar-refractivity contribution in [3.8, 4) is 0 Å². The Morgan fingerprint density at radius 2 is 2.10 bits per heavy atom. The molecule has 154 valence electrons. The monoisotopic (exact) mass is 434 g/mol. The molecule has 0 atom stereocenters. The molecule has 0 saturated carbocycles. The molecular formula is C18H22N6O3S2. The lowest BCUT2D eigenvalue weighted by molar-refractivity contribution is 0.362. The maximum atomic E-state index is 13.1. The average molecular weight is 435 g/mol. The Morgan fingerprint density at radius 3 is 2.83 bits per heavy atom. The Morgan fingerprint density at radius 1 is 1.31 bits per heavy atom. The molecule has 0 bridgehead atoms. The fourth-order valence-electron chi connectivity index (χ4n) is 3.48. The summed E-state index contributed by atoms with van der Waals surface area (Å²) in [7, 11) is -0.446. The van der Waals surface area contributed by atoms with Crippen LogP contribution in [0.1, 0.15) is 16.0 Å². The van der Waals surface area contributed by atoms with Gasteiger partial charge < -0.3 is 5.73 Å². The van der Waals surface area contributed by atoms with Crippen LogP contribution >= 0.6 is 11.3 Å². The molecule has 0 fully saturated rings. The summed E-state index contributed by atoms with van der Waals surface area (Å²) in [6, 6.07) is 3.67. The smallest absolute Gasteiger partial charge is 0.281 e. The maximum absolute atomic E-state index is 13.1. The van der Waals surface area contributed by atoms with Crippen LogP contribution in [0.3, 0.4) is 0 Å². The van der Waals surface area contributed by atoms with Gasteiger partial charge in [0.25, 0.3) is 15.8 Å². The van der Waals surface area contributed by atoms with Crippen molar-refractivity contribution < 1.29 is 8.42 Å². The predicted octanol–water partition coefficient (Wildman–Crippen LogP) is 0.842. The lowest BCUT2D eigenvalue weighted by Gasteiger charge is -2.28. The van der Waals surface area contributed by atoms with Gasteiger partial charge in [0.1, 0.15) is 10.6 Å². The van der Waals surface area contributed by atoms with Crippen LogP contribution < -0.4 is 11.3 Å². The highest BCUT2D eigenvalue weighted by atomic mass is 32.2. The summed E-state index contributed by atoms with van der Waals surface area (Å²) in [5.74, 6) is 0.451. The van der Waals surface area contributed by atoms with Crippen LogP contribution in [-0.4, -0.2) is 52.2 Å². The lowest BCUT2D eigenvalue weighted by Crippen LogP contribution is -2.42. The minimum Gasteiger partial charge on any atom is -0.384 e. The van der Waals surface area contributed by atoms with Crippen LogP contribution in [0.25, 0.3) is 10.2 Å². The molecule has 11 heteroatoms. The van der Waals surface area contributed by atoms with Gasteiger partial charge in [-0.25, -0.2) is 9.97 Å². The van der Waals surface area contributed by atoms with E-state index in [-0.39, 0.29) is 12.1 Å². The van der Waals surface area contributed by atoms with Crippen LogP contribution in [0, 0.1) is 0 Å². The van der Waals surface area contributed by atoms with Crippen molar-refractivity contribution in [1.29, 1.82) is 0 Å². The molecule has 0 aromatic carbocycles. The Kier molecular flexibility index (Phi) is 5.15. The van der Waals surface area contributed by atoms with Gasteiger partial charge in [-0.2, -0.15) is 17.0 Å². The first kappa shape index (κ1) is 20.0. The largest absolute Gasteiger partial charge is 0.384 e. The molecule has 3 aromatic rings. The maximum Gasteiger partial charge on any atom is 0.281 e. The summed E-state index contributed by atoms with van der Waals surface area (Å²) in [5.41, 5.74) is 7.56. The fraction of sp³-hybridized carbons (Fsp3) is 0.389. The molecule has 0 aliphatic carbocycles. The average Bonchev–Trinajstić information content (AvgIpc) is 3.06. The first-order chi connectivity index (χ1) is 13.8. The summed E-state index contributed by atoms with van der Waals surface area (Å²) < 4.78 is 29.1. The van der Waals surface area contributed by atoms with Crippen molar-refractivity contribution in [2.75, 3.05) is 26.4 Å². The first-order valence-electron chi connectivity index (χ1n) is 9.15. The molecular weight excluding hydrogens is 412 g/mol. The molecule has 0 amide bonds. The molecule has 0 radical (unpaired) electrons. The zero-order valence-electron chi connectivity index (χ0n) is 16.2. The summed E-state index contributed by atoms with van der Waals surface area (Å²) in [6.07, 6.45) is 4.36. The highest BCUT2D eigenvalue weighted by molar-refractivity contribution is 7.86. The van der Waals surface area contributed by atoms with E-state index in [1.54, 1.807) is 23.2 Å². The number of rotatable bonds is 5. The van der Waals surface area contributed by atoms with Gasteiger partial charge in [0.2, 0.25) is 0 Å². The van der Waals surface area contributed by atoms with Crippen molar-refractivity contribution in [3.63, 3.8) is 0 Å². The van der Waals surface area contributed by atoms with Crippen molar-refractivity contribution in [2.45, 2.75) is 25.9 Å². The highest BCUT2D eigenvalue weighted by Crippen LogP contribution is 2.33. The number of nitrogens with two attached hydrogens (primary N) is 1. The van der Waals surface area contributed by atoms with Crippen LogP contribution in [0.2, 0.25) is 0 Å². The van der Waals surface area contributed by atoms with Crippen LogP contribution in [0.5, 0.6) is 0 Å². The van der Waals surface area contributed by atoms with Gasteiger partial charge in [-0.15, -0.1) is 11.3 Å². The molecule has 0 saturated heterocycles. The van der Waals surface area contributed by atoms with Gasteiger partial charge in [-0.05, 0) is 36.1 Å². The lowest BCUT2D eigenvalue weighted by atomic mass is 10.1. The van der Waals surface area contributed by atoms with Crippen molar-refractivity contribution in [3.05, 3.63) is 51.0 Å². The number of anilines is 1. The number of nitrogen functional groups attached to an aromatic ring is 1. The van der Waals surface area contributed by atoms with E-state index in [2.05, 4.69) is 9.97 Å². The van der Waals surface area contributed by atoms with Gasteiger partial charge in [0, 0.05) is 44.8 Å². The van der Waals surface area contributed by atoms with E-state index in [4.69, 9.17) is 5.73 Å². The predicted molar refractivity (Wildman–Crippen MR) is 113 cm³/mol. The number of aryl methyl sites for hydroxylation is 2. The number of aromatic nitrogens is 3. The molecule has 29 heavy (non-hydrogen) atoms. The fourth-order valence-corrected chi connectivity index (χ4v) is 5.83. The van der Waals surface area contributed by atoms with Crippen LogP contribution in [-0.2, 0) is 36.1 Å². The molecule has 9 nitrogen and oxygen atoms in total. The Hall–Kier alpha value is -2.34. The van der Waals surface area contributed by atoms with Gasteiger partial charge in [0.15, 0.2) is 0 Å². The summed E-state index contributed by atoms with van der Waals surface area (Å²) in [4.78, 5) is 23.1. The standard InChI is InChI=1S/C18H22N6O3S2/c1-22(2)29(26,27)24-8-5-13-14(10-24)28-17-16(13)18(25)23(11-21-17)7-4-12-3-6-20-15(19)9-12/h3,6,9,11H,4-5,7-8,10H2,1-2H3,(H2,19,20). The number of nitrogens with zero attached hydrogens (tertiary/aromatic N) is 5. The number of thiophene rings is 1. The van der Waals surface area contributed by atoms with E-state index in [9.17, 15) is 13.2 Å². The molecule has 2 N–H and O–H groups in total. The molecule has 3 aromatic heterocycles. The molecule has 1 aliphatic heterocycles. The summed E-state index contributed by atoms with van der Waals surface area (Å²) in [5, 5.41) is 0.614. The normalized spacial score (nSPS) is 15.1. The van der Waals surface area contributed by atoms with Crippen LogP contribution in [0.15, 0.2) is 29.5 Å². The zero-order chi connectivity index (χ0) is 20.8. The van der Waals surface area contributed by atoms with Crippen molar-refractivity contribution >= 4 is 37.6 Å². The topological polar surface area (TPSA) is 114 Å². The molecule has 4 heterocycles. The Labute approximate surface area is 172 Å². The van der Waals surface area contributed by atoms with Gasteiger partial charge in [-0.1, -0.05) is 0 Å². The highest BCUT2D eigenvalue weighted by Gasteiger charge is 2.31. The van der Waals surface area contributed by atoms with E-state index in [0.29, 0.717) is 42.0 Å². The zero-order valence-corrected chi connectivity index (χ0v) is 17.8. The minimum absolute atomic E-state index is 0.0848. The molecule has 0 spiro atoms. The molecule has 0 unspecified atom stereocenters. The Balaban J connectivity index is 1.64. The van der Waals surface area contributed by atoms with Gasteiger partial charge in [-0.3, -0.25) is 9.36 Å². The third kappa shape index (κ3) is 3.66.